The number of nitrogens with zero attached hydrogens (tertiary/aromatic N) is 2. The second-order valence-corrected chi connectivity index (χ2v) is 4.98. The SMILES string of the molecule is CC1(C(=O)O)CCN(c2ccccc2C#N)CC1. The molecular formula is C14H16N2O2. The standard InChI is InChI=1S/C14H16N2O2/c1-14(13(17)18)6-8-16(9-7-14)12-5-3-2-4-11(12)10-15/h2-5H,6-9H2,1H3,(H,17,18). The summed E-state index contributed by atoms with van der Waals surface area (Å²) >= 11 is 0. The van der Waals surface area contributed by atoms with Gasteiger partial charge in [0, 0.05) is 13.1 Å². The smallest absolute Gasteiger partial charge is 0.309 e. The van der Waals surface area contributed by atoms with Crippen molar-refractivity contribution in [3.05, 3.63) is 29.8 Å². The summed E-state index contributed by atoms with van der Waals surface area (Å²) in [6.45, 7) is 3.16. The van der Waals surface area contributed by atoms with Crippen LogP contribution in [-0.2, 0) is 4.79 Å². The predicted octanol–water partition coefficient (Wildman–Crippen LogP) is 2.25. The summed E-state index contributed by atoms with van der Waals surface area (Å²) in [5.41, 5.74) is 0.932. The van der Waals surface area contributed by atoms with E-state index in [1.54, 1.807) is 13.0 Å². The summed E-state index contributed by atoms with van der Waals surface area (Å²) in [5.74, 6) is -0.726. The first-order chi connectivity index (χ1) is 8.57. The highest BCUT2D eigenvalue weighted by molar-refractivity contribution is 5.74. The van der Waals surface area contributed by atoms with Crippen LogP contribution in [0.1, 0.15) is 25.3 Å². The number of rotatable bonds is 2. The van der Waals surface area contributed by atoms with Crippen LogP contribution in [0.2, 0.25) is 0 Å². The molecule has 1 N–H and O–H groups in total. The fraction of sp³-hybridized carbons (Fsp3) is 0.429. The van der Waals surface area contributed by atoms with Crippen molar-refractivity contribution in [2.75, 3.05) is 18.0 Å². The van der Waals surface area contributed by atoms with Crippen LogP contribution in [-0.4, -0.2) is 24.2 Å². The number of piperidine rings is 1. The van der Waals surface area contributed by atoms with Crippen LogP contribution in [0, 0.1) is 16.7 Å². The van der Waals surface area contributed by atoms with E-state index in [2.05, 4.69) is 11.0 Å². The lowest BCUT2D eigenvalue weighted by atomic mass is 9.80. The number of hydrogen-bond acceptors (Lipinski definition) is 3. The van der Waals surface area contributed by atoms with Crippen LogP contribution in [0.3, 0.4) is 0 Å². The Kier molecular flexibility index (Phi) is 3.24. The summed E-state index contributed by atoms with van der Waals surface area (Å²) in [6.07, 6.45) is 1.23. The molecule has 1 saturated heterocycles. The van der Waals surface area contributed by atoms with Gasteiger partial charge in [-0.3, -0.25) is 4.79 Å². The number of benzene rings is 1. The maximum absolute atomic E-state index is 11.2. The van der Waals surface area contributed by atoms with Gasteiger partial charge in [-0.25, -0.2) is 0 Å². The van der Waals surface area contributed by atoms with E-state index in [1.165, 1.54) is 0 Å². The van der Waals surface area contributed by atoms with Crippen molar-refractivity contribution in [2.45, 2.75) is 19.8 Å². The molecule has 2 rings (SSSR count). The fourth-order valence-electron chi connectivity index (χ4n) is 2.30. The first kappa shape index (κ1) is 12.4. The van der Waals surface area contributed by atoms with Crippen molar-refractivity contribution in [3.63, 3.8) is 0 Å². The minimum Gasteiger partial charge on any atom is -0.481 e. The molecule has 1 aromatic carbocycles. The van der Waals surface area contributed by atoms with Gasteiger partial charge in [-0.05, 0) is 31.9 Å². The molecule has 0 atom stereocenters. The number of carboxylic acids is 1. The molecule has 0 unspecified atom stereocenters. The van der Waals surface area contributed by atoms with Crippen LogP contribution in [0.25, 0.3) is 0 Å². The third-order valence-electron chi connectivity index (χ3n) is 3.75. The number of carboxylic acid groups (broad SMARTS) is 1. The van der Waals surface area contributed by atoms with Gasteiger partial charge in [0.2, 0.25) is 0 Å². The Hall–Kier alpha value is -2.02. The van der Waals surface area contributed by atoms with Gasteiger partial charge in [0.05, 0.1) is 16.7 Å². The van der Waals surface area contributed by atoms with Crippen molar-refractivity contribution in [3.8, 4) is 6.07 Å². The maximum Gasteiger partial charge on any atom is 0.309 e. The highest BCUT2D eigenvalue weighted by Gasteiger charge is 2.37. The topological polar surface area (TPSA) is 64.3 Å². The Morgan fingerprint density at radius 1 is 1.39 bits per heavy atom. The van der Waals surface area contributed by atoms with Crippen molar-refractivity contribution in [2.24, 2.45) is 5.41 Å². The van der Waals surface area contributed by atoms with E-state index in [9.17, 15) is 9.90 Å². The molecule has 1 heterocycles. The Bertz CT molecular complexity index is 497. The molecule has 0 saturated carbocycles. The molecule has 94 valence electrons. The lowest BCUT2D eigenvalue weighted by Crippen LogP contribution is -2.42. The first-order valence-corrected chi connectivity index (χ1v) is 6.04. The summed E-state index contributed by atoms with van der Waals surface area (Å²) in [6, 6.07) is 9.63. The zero-order valence-corrected chi connectivity index (χ0v) is 10.4. The van der Waals surface area contributed by atoms with E-state index in [-0.39, 0.29) is 0 Å². The highest BCUT2D eigenvalue weighted by atomic mass is 16.4. The van der Waals surface area contributed by atoms with E-state index >= 15 is 0 Å². The molecule has 1 fully saturated rings. The predicted molar refractivity (Wildman–Crippen MR) is 68.3 cm³/mol. The van der Waals surface area contributed by atoms with Crippen LogP contribution in [0.4, 0.5) is 5.69 Å². The minimum atomic E-state index is -0.726. The van der Waals surface area contributed by atoms with E-state index < -0.39 is 11.4 Å². The number of carbonyl (C=O) groups is 1. The average Bonchev–Trinajstić information content (AvgIpc) is 2.39. The normalized spacial score (nSPS) is 18.1. The molecule has 0 radical (unpaired) electrons. The number of para-hydroxylation sites is 1. The van der Waals surface area contributed by atoms with Gasteiger partial charge < -0.3 is 10.0 Å². The van der Waals surface area contributed by atoms with E-state index in [4.69, 9.17) is 5.26 Å². The zero-order chi connectivity index (χ0) is 13.2. The molecule has 1 aliphatic heterocycles. The molecule has 4 heteroatoms. The Morgan fingerprint density at radius 2 is 2.00 bits per heavy atom. The summed E-state index contributed by atoms with van der Waals surface area (Å²) in [4.78, 5) is 13.3. The number of aliphatic carboxylic acids is 1. The maximum atomic E-state index is 11.2. The van der Waals surface area contributed by atoms with Crippen LogP contribution in [0.5, 0.6) is 0 Å². The van der Waals surface area contributed by atoms with Gasteiger partial charge in [-0.15, -0.1) is 0 Å². The van der Waals surface area contributed by atoms with Gasteiger partial charge in [-0.2, -0.15) is 5.26 Å². The number of nitriles is 1. The Balaban J connectivity index is 2.15. The lowest BCUT2D eigenvalue weighted by Gasteiger charge is -2.38. The second kappa shape index (κ2) is 4.69. The van der Waals surface area contributed by atoms with Gasteiger partial charge in [-0.1, -0.05) is 12.1 Å². The molecule has 0 amide bonds. The summed E-state index contributed by atoms with van der Waals surface area (Å²) in [7, 11) is 0. The third kappa shape index (κ3) is 2.17. The van der Waals surface area contributed by atoms with Gasteiger partial charge >= 0.3 is 5.97 Å². The average molecular weight is 244 g/mol. The fourth-order valence-corrected chi connectivity index (χ4v) is 2.30. The lowest BCUT2D eigenvalue weighted by molar-refractivity contribution is -0.149. The van der Waals surface area contributed by atoms with Gasteiger partial charge in [0.25, 0.3) is 0 Å². The zero-order valence-electron chi connectivity index (χ0n) is 10.4. The van der Waals surface area contributed by atoms with Crippen molar-refractivity contribution >= 4 is 11.7 Å². The quantitative estimate of drug-likeness (QED) is 0.866. The monoisotopic (exact) mass is 244 g/mol. The molecule has 0 aromatic heterocycles. The van der Waals surface area contributed by atoms with E-state index in [0.717, 1.165) is 5.69 Å². The molecule has 0 aliphatic carbocycles. The molecule has 0 spiro atoms. The van der Waals surface area contributed by atoms with Crippen molar-refractivity contribution < 1.29 is 9.90 Å². The van der Waals surface area contributed by atoms with E-state index in [0.29, 0.717) is 31.5 Å². The minimum absolute atomic E-state index is 0.613. The first-order valence-electron chi connectivity index (χ1n) is 6.04. The van der Waals surface area contributed by atoms with E-state index in [1.807, 2.05) is 18.2 Å². The van der Waals surface area contributed by atoms with Gasteiger partial charge in [0.1, 0.15) is 6.07 Å². The Labute approximate surface area is 106 Å². The molecule has 18 heavy (non-hydrogen) atoms. The molecule has 1 aromatic rings. The third-order valence-corrected chi connectivity index (χ3v) is 3.75. The van der Waals surface area contributed by atoms with Crippen LogP contribution < -0.4 is 4.90 Å². The van der Waals surface area contributed by atoms with Gasteiger partial charge in [0.15, 0.2) is 0 Å². The molecule has 1 aliphatic rings. The summed E-state index contributed by atoms with van der Waals surface area (Å²) < 4.78 is 0. The van der Waals surface area contributed by atoms with Crippen molar-refractivity contribution in [1.82, 2.24) is 0 Å². The Morgan fingerprint density at radius 3 is 2.56 bits per heavy atom. The largest absolute Gasteiger partial charge is 0.481 e. The van der Waals surface area contributed by atoms with Crippen LogP contribution in [0.15, 0.2) is 24.3 Å². The highest BCUT2D eigenvalue weighted by Crippen LogP contribution is 2.34. The summed E-state index contributed by atoms with van der Waals surface area (Å²) in [5, 5.41) is 18.3. The van der Waals surface area contributed by atoms with Crippen LogP contribution >= 0.6 is 0 Å². The molecule has 0 bridgehead atoms. The second-order valence-electron chi connectivity index (χ2n) is 4.98. The number of hydrogen-bond donors (Lipinski definition) is 1. The molecule has 4 nitrogen and oxygen atoms in total. The van der Waals surface area contributed by atoms with Crippen molar-refractivity contribution in [1.29, 1.82) is 5.26 Å². The molecular weight excluding hydrogens is 228 g/mol. The number of anilines is 1.